The number of rotatable bonds is 5. The SMILES string of the molecule is O=C(/C(=C\c1ccsc1)C(O)c1ccc(C(F)(F)F)cc1)c1ccc(C(F)(F)F)cc1. The topological polar surface area (TPSA) is 37.3 Å². The summed E-state index contributed by atoms with van der Waals surface area (Å²) in [5.41, 5.74) is -1.53. The molecule has 0 radical (unpaired) electrons. The molecule has 3 rings (SSSR count). The first-order chi connectivity index (χ1) is 14.5. The lowest BCUT2D eigenvalue weighted by molar-refractivity contribution is -0.138. The Hall–Kier alpha value is -2.91. The standard InChI is InChI=1S/C22H14F6O2S/c23-21(24,25)16-5-1-14(2-6-16)19(29)18(11-13-9-10-31-12-13)20(30)15-3-7-17(8-4-15)22(26,27)28/h1-12,19,29H/b18-11-. The molecule has 0 aliphatic carbocycles. The van der Waals surface area contributed by atoms with Gasteiger partial charge < -0.3 is 5.11 Å². The number of benzene rings is 2. The van der Waals surface area contributed by atoms with Crippen LogP contribution in [0.4, 0.5) is 26.3 Å². The van der Waals surface area contributed by atoms with E-state index in [1.54, 1.807) is 16.8 Å². The van der Waals surface area contributed by atoms with Crippen LogP contribution in [0.3, 0.4) is 0 Å². The molecule has 0 fully saturated rings. The summed E-state index contributed by atoms with van der Waals surface area (Å²) < 4.78 is 76.7. The lowest BCUT2D eigenvalue weighted by Crippen LogP contribution is -2.13. The van der Waals surface area contributed by atoms with E-state index in [9.17, 15) is 36.2 Å². The van der Waals surface area contributed by atoms with Crippen molar-refractivity contribution in [3.63, 3.8) is 0 Å². The zero-order valence-electron chi connectivity index (χ0n) is 15.5. The number of ketones is 1. The predicted molar refractivity (Wildman–Crippen MR) is 104 cm³/mol. The summed E-state index contributed by atoms with van der Waals surface area (Å²) >= 11 is 1.32. The monoisotopic (exact) mass is 456 g/mol. The third-order valence-electron chi connectivity index (χ3n) is 4.45. The molecule has 1 N–H and O–H groups in total. The molecule has 0 aliphatic heterocycles. The number of hydrogen-bond acceptors (Lipinski definition) is 3. The van der Waals surface area contributed by atoms with Gasteiger partial charge in [-0.25, -0.2) is 0 Å². The molecule has 2 nitrogen and oxygen atoms in total. The van der Waals surface area contributed by atoms with Crippen molar-refractivity contribution in [2.24, 2.45) is 0 Å². The van der Waals surface area contributed by atoms with E-state index < -0.39 is 35.4 Å². The minimum Gasteiger partial charge on any atom is -0.384 e. The minimum atomic E-state index is -4.57. The van der Waals surface area contributed by atoms with Crippen molar-refractivity contribution < 1.29 is 36.2 Å². The molecular formula is C22H14F6O2S. The second-order valence-corrected chi connectivity index (χ2v) is 7.36. The number of aliphatic hydroxyl groups excluding tert-OH is 1. The van der Waals surface area contributed by atoms with E-state index in [0.29, 0.717) is 5.56 Å². The molecule has 1 aromatic heterocycles. The van der Waals surface area contributed by atoms with Gasteiger partial charge >= 0.3 is 12.4 Å². The Morgan fingerprint density at radius 1 is 0.839 bits per heavy atom. The highest BCUT2D eigenvalue weighted by atomic mass is 32.1. The van der Waals surface area contributed by atoms with E-state index in [2.05, 4.69) is 0 Å². The van der Waals surface area contributed by atoms with Crippen LogP contribution < -0.4 is 0 Å². The molecule has 1 unspecified atom stereocenters. The van der Waals surface area contributed by atoms with Crippen LogP contribution in [0, 0.1) is 0 Å². The molecule has 1 atom stereocenters. The molecule has 1 heterocycles. The molecule has 0 bridgehead atoms. The van der Waals surface area contributed by atoms with Gasteiger partial charge in [-0.05, 0) is 58.3 Å². The average Bonchev–Trinajstić information content (AvgIpc) is 3.23. The van der Waals surface area contributed by atoms with Crippen LogP contribution in [0.25, 0.3) is 6.08 Å². The molecule has 3 aromatic rings. The number of carbonyl (C=O) groups is 1. The Morgan fingerprint density at radius 2 is 1.35 bits per heavy atom. The molecule has 2 aromatic carbocycles. The Balaban J connectivity index is 1.98. The molecule has 0 saturated heterocycles. The van der Waals surface area contributed by atoms with Gasteiger partial charge in [-0.3, -0.25) is 4.79 Å². The van der Waals surface area contributed by atoms with Crippen LogP contribution >= 0.6 is 11.3 Å². The van der Waals surface area contributed by atoms with Crippen molar-refractivity contribution in [3.05, 3.63) is 98.7 Å². The van der Waals surface area contributed by atoms with Gasteiger partial charge in [0.15, 0.2) is 5.78 Å². The quantitative estimate of drug-likeness (QED) is 0.261. The first-order valence-corrected chi connectivity index (χ1v) is 9.72. The molecule has 9 heteroatoms. The fourth-order valence-corrected chi connectivity index (χ4v) is 3.43. The highest BCUT2D eigenvalue weighted by Crippen LogP contribution is 2.33. The maximum Gasteiger partial charge on any atom is 0.416 e. The van der Waals surface area contributed by atoms with Gasteiger partial charge in [0.05, 0.1) is 11.1 Å². The summed E-state index contributed by atoms with van der Waals surface area (Å²) in [6.07, 6.45) is -9.36. The first-order valence-electron chi connectivity index (χ1n) is 8.78. The zero-order valence-corrected chi connectivity index (χ0v) is 16.4. The van der Waals surface area contributed by atoms with Crippen molar-refractivity contribution in [2.45, 2.75) is 18.5 Å². The van der Waals surface area contributed by atoms with Crippen molar-refractivity contribution in [1.29, 1.82) is 0 Å². The fourth-order valence-electron chi connectivity index (χ4n) is 2.82. The van der Waals surface area contributed by atoms with Crippen LogP contribution in [-0.2, 0) is 12.4 Å². The summed E-state index contributed by atoms with van der Waals surface area (Å²) in [6, 6.07) is 8.80. The lowest BCUT2D eigenvalue weighted by atomic mass is 9.92. The summed E-state index contributed by atoms with van der Waals surface area (Å²) in [6.45, 7) is 0. The van der Waals surface area contributed by atoms with Gasteiger partial charge in [-0.1, -0.05) is 24.3 Å². The van der Waals surface area contributed by atoms with E-state index in [0.717, 1.165) is 48.5 Å². The fraction of sp³-hybridized carbons (Fsp3) is 0.136. The summed E-state index contributed by atoms with van der Waals surface area (Å²) in [4.78, 5) is 13.0. The normalized spacial score (nSPS) is 13.8. The highest BCUT2D eigenvalue weighted by molar-refractivity contribution is 7.08. The van der Waals surface area contributed by atoms with Crippen LogP contribution in [0.15, 0.2) is 70.9 Å². The van der Waals surface area contributed by atoms with Crippen molar-refractivity contribution in [3.8, 4) is 0 Å². The lowest BCUT2D eigenvalue weighted by Gasteiger charge is -2.16. The van der Waals surface area contributed by atoms with Crippen LogP contribution in [0.2, 0.25) is 0 Å². The van der Waals surface area contributed by atoms with E-state index in [-0.39, 0.29) is 16.7 Å². The molecule has 162 valence electrons. The van der Waals surface area contributed by atoms with Gasteiger partial charge in [-0.2, -0.15) is 37.7 Å². The average molecular weight is 456 g/mol. The second-order valence-electron chi connectivity index (χ2n) is 6.58. The third kappa shape index (κ3) is 5.42. The number of halogens is 6. The van der Waals surface area contributed by atoms with E-state index in [1.165, 1.54) is 17.4 Å². The number of carbonyl (C=O) groups excluding carboxylic acids is 1. The summed E-state index contributed by atoms with van der Waals surface area (Å²) in [5.74, 6) is -0.743. The number of Topliss-reactive ketones (excluding diaryl/α,β-unsaturated/α-hetero) is 1. The largest absolute Gasteiger partial charge is 0.416 e. The number of alkyl halides is 6. The Bertz CT molecular complexity index is 1060. The maximum absolute atomic E-state index is 13.0. The van der Waals surface area contributed by atoms with E-state index in [4.69, 9.17) is 0 Å². The van der Waals surface area contributed by atoms with Crippen molar-refractivity contribution in [2.75, 3.05) is 0 Å². The van der Waals surface area contributed by atoms with Crippen LogP contribution in [0.5, 0.6) is 0 Å². The minimum absolute atomic E-state index is 0.0368. The first kappa shape index (κ1) is 22.8. The summed E-state index contributed by atoms with van der Waals surface area (Å²) in [5, 5.41) is 14.1. The Morgan fingerprint density at radius 3 is 1.81 bits per heavy atom. The molecule has 0 saturated carbocycles. The summed E-state index contributed by atoms with van der Waals surface area (Å²) in [7, 11) is 0. The highest BCUT2D eigenvalue weighted by Gasteiger charge is 2.32. The Kier molecular flexibility index (Phi) is 6.38. The number of thiophene rings is 1. The Labute approximate surface area is 177 Å². The van der Waals surface area contributed by atoms with Gasteiger partial charge in [-0.15, -0.1) is 0 Å². The number of hydrogen-bond donors (Lipinski definition) is 1. The van der Waals surface area contributed by atoms with Gasteiger partial charge in [0.1, 0.15) is 6.10 Å². The third-order valence-corrected chi connectivity index (χ3v) is 5.15. The second kappa shape index (κ2) is 8.68. The molecule has 0 aliphatic rings. The zero-order chi connectivity index (χ0) is 22.8. The van der Waals surface area contributed by atoms with E-state index in [1.807, 2.05) is 0 Å². The van der Waals surface area contributed by atoms with Crippen LogP contribution in [0.1, 0.15) is 38.7 Å². The van der Waals surface area contributed by atoms with Crippen molar-refractivity contribution in [1.82, 2.24) is 0 Å². The number of aliphatic hydroxyl groups is 1. The van der Waals surface area contributed by atoms with Crippen molar-refractivity contribution >= 4 is 23.2 Å². The molecular weight excluding hydrogens is 442 g/mol. The molecule has 0 spiro atoms. The van der Waals surface area contributed by atoms with Crippen LogP contribution in [-0.4, -0.2) is 10.9 Å². The molecule has 31 heavy (non-hydrogen) atoms. The van der Waals surface area contributed by atoms with Gasteiger partial charge in [0, 0.05) is 11.1 Å². The maximum atomic E-state index is 13.0. The molecule has 0 amide bonds. The predicted octanol–water partition coefficient (Wildman–Crippen LogP) is 6.79. The van der Waals surface area contributed by atoms with Gasteiger partial charge in [0.2, 0.25) is 0 Å². The van der Waals surface area contributed by atoms with Gasteiger partial charge in [0.25, 0.3) is 0 Å². The smallest absolute Gasteiger partial charge is 0.384 e. The van der Waals surface area contributed by atoms with E-state index >= 15 is 0 Å².